The predicted molar refractivity (Wildman–Crippen MR) is 105 cm³/mol. The highest BCUT2D eigenvalue weighted by Crippen LogP contribution is 2.21. The van der Waals surface area contributed by atoms with Gasteiger partial charge in [-0.2, -0.15) is 0 Å². The van der Waals surface area contributed by atoms with Crippen molar-refractivity contribution in [1.82, 2.24) is 25.3 Å². The summed E-state index contributed by atoms with van der Waals surface area (Å²) < 4.78 is 20.7. The van der Waals surface area contributed by atoms with Gasteiger partial charge < -0.3 is 15.0 Å². The number of benzene rings is 1. The number of nitrogens with zero attached hydrogens (tertiary/aromatic N) is 5. The summed E-state index contributed by atoms with van der Waals surface area (Å²) in [5.74, 6) is 0.388. The second kappa shape index (κ2) is 7.86. The van der Waals surface area contributed by atoms with Gasteiger partial charge in [0.2, 0.25) is 0 Å². The number of aromatic nitrogens is 4. The summed E-state index contributed by atoms with van der Waals surface area (Å²) in [4.78, 5) is 18.7. The molecule has 150 valence electrons. The minimum Gasteiger partial charge on any atom is -0.497 e. The van der Waals surface area contributed by atoms with Crippen molar-refractivity contribution >= 4 is 11.7 Å². The van der Waals surface area contributed by atoms with E-state index in [9.17, 15) is 9.18 Å². The van der Waals surface area contributed by atoms with Gasteiger partial charge in [0, 0.05) is 25.3 Å². The lowest BCUT2D eigenvalue weighted by molar-refractivity contribution is 0.0934. The lowest BCUT2D eigenvalue weighted by Gasteiger charge is -2.18. The van der Waals surface area contributed by atoms with Crippen LogP contribution in [0.2, 0.25) is 0 Å². The molecule has 2 aromatic heterocycles. The molecule has 1 aliphatic rings. The molecule has 1 fully saturated rings. The molecule has 1 aliphatic heterocycles. The van der Waals surface area contributed by atoms with Gasteiger partial charge in [-0.1, -0.05) is 5.21 Å². The molecule has 9 heteroatoms. The molecule has 3 heterocycles. The van der Waals surface area contributed by atoms with Gasteiger partial charge >= 0.3 is 0 Å². The zero-order chi connectivity index (χ0) is 20.4. The van der Waals surface area contributed by atoms with Crippen molar-refractivity contribution in [3.05, 3.63) is 59.8 Å². The Labute approximate surface area is 167 Å². The number of hydrogen-bond donors (Lipinski definition) is 1. The molecule has 8 nitrogen and oxygen atoms in total. The fraction of sp³-hybridized carbons (Fsp3) is 0.300. The minimum atomic E-state index is -0.363. The van der Waals surface area contributed by atoms with Crippen LogP contribution in [-0.4, -0.2) is 52.1 Å². The van der Waals surface area contributed by atoms with Crippen LogP contribution in [0.3, 0.4) is 0 Å². The van der Waals surface area contributed by atoms with Crippen molar-refractivity contribution in [2.75, 3.05) is 25.1 Å². The normalized spacial score (nSPS) is 16.1. The largest absolute Gasteiger partial charge is 0.497 e. The van der Waals surface area contributed by atoms with Gasteiger partial charge in [-0.05, 0) is 49.7 Å². The topological polar surface area (TPSA) is 85.2 Å². The molecule has 1 amide bonds. The van der Waals surface area contributed by atoms with E-state index in [1.54, 1.807) is 31.0 Å². The lowest BCUT2D eigenvalue weighted by Crippen LogP contribution is -2.37. The van der Waals surface area contributed by atoms with Gasteiger partial charge in [0.05, 0.1) is 18.5 Å². The number of nitrogens with one attached hydrogen (secondary N) is 1. The third-order valence-corrected chi connectivity index (χ3v) is 4.99. The summed E-state index contributed by atoms with van der Waals surface area (Å²) in [5, 5.41) is 11.1. The van der Waals surface area contributed by atoms with E-state index in [0.29, 0.717) is 31.0 Å². The minimum absolute atomic E-state index is 0.116. The SMILES string of the molecule is COc1ccc(-n2nnc(C(=O)NC3CCN(c4ncccc4F)C3)c2C)cc1. The first-order chi connectivity index (χ1) is 14.1. The number of anilines is 1. The molecular weight excluding hydrogens is 375 g/mol. The molecule has 4 rings (SSSR count). The van der Waals surface area contributed by atoms with Crippen LogP contribution in [0.4, 0.5) is 10.2 Å². The Bertz CT molecular complexity index is 1020. The quantitative estimate of drug-likeness (QED) is 0.711. The standard InChI is InChI=1S/C20H21FN6O2/c1-13-18(24-25-27(13)15-5-7-16(29-2)8-6-15)20(28)23-14-9-11-26(12-14)19-17(21)4-3-10-22-19/h3-8,10,14H,9,11-12H2,1-2H3,(H,23,28). The number of halogens is 1. The monoisotopic (exact) mass is 396 g/mol. The van der Waals surface area contributed by atoms with E-state index in [1.807, 2.05) is 29.2 Å². The summed E-state index contributed by atoms with van der Waals surface area (Å²) in [7, 11) is 1.60. The van der Waals surface area contributed by atoms with Crippen LogP contribution in [0, 0.1) is 12.7 Å². The summed E-state index contributed by atoms with van der Waals surface area (Å²) in [6, 6.07) is 10.2. The number of rotatable bonds is 5. The number of ether oxygens (including phenoxy) is 1. The summed E-state index contributed by atoms with van der Waals surface area (Å²) >= 11 is 0. The average Bonchev–Trinajstić information content (AvgIpc) is 3.35. The maximum atomic E-state index is 13.9. The van der Waals surface area contributed by atoms with E-state index in [0.717, 1.165) is 11.4 Å². The summed E-state index contributed by atoms with van der Waals surface area (Å²) in [5.41, 5.74) is 1.69. The Morgan fingerprint density at radius 1 is 1.28 bits per heavy atom. The van der Waals surface area contributed by atoms with Crippen molar-refractivity contribution in [3.63, 3.8) is 0 Å². The summed E-state index contributed by atoms with van der Waals surface area (Å²) in [6.45, 7) is 2.91. The van der Waals surface area contributed by atoms with E-state index in [1.165, 1.54) is 6.07 Å². The molecule has 0 bridgehead atoms. The van der Waals surface area contributed by atoms with Crippen molar-refractivity contribution in [1.29, 1.82) is 0 Å². The van der Waals surface area contributed by atoms with Gasteiger partial charge in [-0.3, -0.25) is 4.79 Å². The lowest BCUT2D eigenvalue weighted by atomic mass is 10.2. The molecule has 1 aromatic carbocycles. The van der Waals surface area contributed by atoms with Crippen LogP contribution < -0.4 is 15.0 Å². The van der Waals surface area contributed by atoms with Gasteiger partial charge in [-0.25, -0.2) is 14.1 Å². The fourth-order valence-electron chi connectivity index (χ4n) is 3.44. The zero-order valence-electron chi connectivity index (χ0n) is 16.2. The zero-order valence-corrected chi connectivity index (χ0v) is 16.2. The molecule has 0 aliphatic carbocycles. The number of hydrogen-bond acceptors (Lipinski definition) is 6. The first kappa shape index (κ1) is 18.9. The Morgan fingerprint density at radius 2 is 2.07 bits per heavy atom. The molecule has 1 atom stereocenters. The first-order valence-electron chi connectivity index (χ1n) is 9.30. The van der Waals surface area contributed by atoms with Crippen LogP contribution in [0.1, 0.15) is 22.6 Å². The van der Waals surface area contributed by atoms with Crippen LogP contribution in [0.25, 0.3) is 5.69 Å². The first-order valence-corrected chi connectivity index (χ1v) is 9.30. The second-order valence-electron chi connectivity index (χ2n) is 6.85. The number of amides is 1. The van der Waals surface area contributed by atoms with E-state index >= 15 is 0 Å². The van der Waals surface area contributed by atoms with E-state index in [4.69, 9.17) is 4.74 Å². The second-order valence-corrected chi connectivity index (χ2v) is 6.85. The number of carbonyl (C=O) groups excluding carboxylic acids is 1. The Balaban J connectivity index is 1.44. The molecule has 0 spiro atoms. The Kier molecular flexibility index (Phi) is 5.11. The predicted octanol–water partition coefficient (Wildman–Crippen LogP) is 2.13. The van der Waals surface area contributed by atoms with Crippen LogP contribution in [-0.2, 0) is 0 Å². The molecule has 1 N–H and O–H groups in total. The fourth-order valence-corrected chi connectivity index (χ4v) is 3.44. The average molecular weight is 396 g/mol. The smallest absolute Gasteiger partial charge is 0.274 e. The van der Waals surface area contributed by atoms with Crippen molar-refractivity contribution in [2.24, 2.45) is 0 Å². The molecular formula is C20H21FN6O2. The van der Waals surface area contributed by atoms with Gasteiger partial charge in [0.25, 0.3) is 5.91 Å². The van der Waals surface area contributed by atoms with Crippen molar-refractivity contribution in [3.8, 4) is 11.4 Å². The van der Waals surface area contributed by atoms with Crippen molar-refractivity contribution in [2.45, 2.75) is 19.4 Å². The maximum absolute atomic E-state index is 13.9. The van der Waals surface area contributed by atoms with Gasteiger partial charge in [-0.15, -0.1) is 5.10 Å². The van der Waals surface area contributed by atoms with Gasteiger partial charge in [0.15, 0.2) is 17.3 Å². The highest BCUT2D eigenvalue weighted by atomic mass is 19.1. The van der Waals surface area contributed by atoms with Crippen LogP contribution in [0.15, 0.2) is 42.6 Å². The molecule has 1 saturated heterocycles. The Hall–Kier alpha value is -3.49. The van der Waals surface area contributed by atoms with Gasteiger partial charge in [0.1, 0.15) is 5.75 Å². The highest BCUT2D eigenvalue weighted by Gasteiger charge is 2.28. The van der Waals surface area contributed by atoms with E-state index in [2.05, 4.69) is 20.6 Å². The number of pyridine rings is 1. The van der Waals surface area contributed by atoms with Crippen molar-refractivity contribution < 1.29 is 13.9 Å². The Morgan fingerprint density at radius 3 is 2.79 bits per heavy atom. The molecule has 0 saturated carbocycles. The summed E-state index contributed by atoms with van der Waals surface area (Å²) in [6.07, 6.45) is 2.26. The van der Waals surface area contributed by atoms with Crippen LogP contribution in [0.5, 0.6) is 5.75 Å². The molecule has 29 heavy (non-hydrogen) atoms. The van der Waals surface area contributed by atoms with E-state index < -0.39 is 0 Å². The number of methoxy groups -OCH3 is 1. The highest BCUT2D eigenvalue weighted by molar-refractivity contribution is 5.93. The maximum Gasteiger partial charge on any atom is 0.274 e. The molecule has 0 radical (unpaired) electrons. The third-order valence-electron chi connectivity index (χ3n) is 4.99. The molecule has 3 aromatic rings. The molecule has 1 unspecified atom stereocenters. The number of carbonyl (C=O) groups is 1. The van der Waals surface area contributed by atoms with E-state index in [-0.39, 0.29) is 23.5 Å². The third kappa shape index (κ3) is 3.75. The van der Waals surface area contributed by atoms with Crippen LogP contribution >= 0.6 is 0 Å².